The van der Waals surface area contributed by atoms with Gasteiger partial charge in [0.25, 0.3) is 0 Å². The molecule has 1 amide bonds. The molecule has 1 heterocycles. The molecule has 1 aromatic rings. The third kappa shape index (κ3) is 3.81. The van der Waals surface area contributed by atoms with Crippen LogP contribution in [-0.4, -0.2) is 22.1 Å². The highest BCUT2D eigenvalue weighted by atomic mass is 16.4. The number of rotatable bonds is 6. The Balaban J connectivity index is 1.18. The number of aromatic nitrogens is 2. The molecule has 5 nitrogen and oxygen atoms in total. The van der Waals surface area contributed by atoms with E-state index in [9.17, 15) is 4.79 Å². The third-order valence-corrected chi connectivity index (χ3v) is 6.19. The van der Waals surface area contributed by atoms with Crippen molar-refractivity contribution in [1.82, 2.24) is 15.5 Å². The smallest absolute Gasteiger partial charge is 0.220 e. The monoisotopic (exact) mass is 331 g/mol. The Labute approximate surface area is 144 Å². The fourth-order valence-electron chi connectivity index (χ4n) is 4.67. The van der Waals surface area contributed by atoms with E-state index in [-0.39, 0.29) is 5.91 Å². The number of nitrogens with zero attached hydrogens (tertiary/aromatic N) is 2. The largest absolute Gasteiger partial charge is 0.425 e. The average Bonchev–Trinajstić information content (AvgIpc) is 3.03. The summed E-state index contributed by atoms with van der Waals surface area (Å²) in [5.41, 5.74) is 0. The first-order valence-electron chi connectivity index (χ1n) is 9.91. The van der Waals surface area contributed by atoms with Crippen molar-refractivity contribution < 1.29 is 9.21 Å². The van der Waals surface area contributed by atoms with Crippen molar-refractivity contribution >= 4 is 5.91 Å². The molecule has 24 heavy (non-hydrogen) atoms. The first-order valence-corrected chi connectivity index (χ1v) is 9.91. The molecule has 4 rings (SSSR count). The molecule has 0 saturated heterocycles. The summed E-state index contributed by atoms with van der Waals surface area (Å²) in [6, 6.07) is 0.428. The van der Waals surface area contributed by atoms with Gasteiger partial charge in [0.1, 0.15) is 0 Å². The first kappa shape index (κ1) is 16.1. The van der Waals surface area contributed by atoms with Crippen molar-refractivity contribution in [1.29, 1.82) is 0 Å². The van der Waals surface area contributed by atoms with Gasteiger partial charge in [-0.3, -0.25) is 4.79 Å². The van der Waals surface area contributed by atoms with E-state index in [4.69, 9.17) is 4.42 Å². The second-order valence-corrected chi connectivity index (χ2v) is 7.99. The second-order valence-electron chi connectivity index (χ2n) is 7.99. The zero-order chi connectivity index (χ0) is 16.4. The van der Waals surface area contributed by atoms with Crippen LogP contribution in [0.1, 0.15) is 88.3 Å². The number of hydrogen-bond donors (Lipinski definition) is 1. The van der Waals surface area contributed by atoms with Gasteiger partial charge in [0.15, 0.2) is 0 Å². The third-order valence-electron chi connectivity index (χ3n) is 6.19. The summed E-state index contributed by atoms with van der Waals surface area (Å²) < 4.78 is 5.75. The van der Waals surface area contributed by atoms with Crippen LogP contribution in [-0.2, 0) is 11.2 Å². The van der Waals surface area contributed by atoms with Crippen LogP contribution in [0.25, 0.3) is 0 Å². The second kappa shape index (κ2) is 7.24. The lowest BCUT2D eigenvalue weighted by molar-refractivity contribution is -0.121. The maximum absolute atomic E-state index is 12.2. The van der Waals surface area contributed by atoms with E-state index in [2.05, 4.69) is 15.5 Å². The Morgan fingerprint density at radius 3 is 2.58 bits per heavy atom. The molecule has 3 saturated carbocycles. The molecular formula is C19H29N3O2. The van der Waals surface area contributed by atoms with Crippen LogP contribution in [0.3, 0.4) is 0 Å². The Bertz CT molecular complexity index is 559. The van der Waals surface area contributed by atoms with E-state index in [0.29, 0.717) is 30.7 Å². The van der Waals surface area contributed by atoms with Gasteiger partial charge in [-0.2, -0.15) is 0 Å². The molecule has 0 aliphatic heterocycles. The molecule has 0 unspecified atom stereocenters. The van der Waals surface area contributed by atoms with E-state index in [1.807, 2.05) is 0 Å². The van der Waals surface area contributed by atoms with Crippen molar-refractivity contribution in [3.8, 4) is 0 Å². The molecule has 1 aromatic heterocycles. The van der Waals surface area contributed by atoms with Crippen LogP contribution in [0, 0.1) is 11.8 Å². The fraction of sp³-hybridized carbons (Fsp3) is 0.842. The Hall–Kier alpha value is -1.39. The molecule has 0 radical (unpaired) electrons. The predicted molar refractivity (Wildman–Crippen MR) is 90.4 cm³/mol. The van der Waals surface area contributed by atoms with Crippen LogP contribution in [0.4, 0.5) is 0 Å². The van der Waals surface area contributed by atoms with E-state index < -0.39 is 0 Å². The topological polar surface area (TPSA) is 68.0 Å². The van der Waals surface area contributed by atoms with E-state index in [1.54, 1.807) is 0 Å². The number of amides is 1. The van der Waals surface area contributed by atoms with Crippen LogP contribution in [0.2, 0.25) is 0 Å². The average molecular weight is 331 g/mol. The number of nitrogens with one attached hydrogen (secondary N) is 1. The van der Waals surface area contributed by atoms with Crippen LogP contribution in [0.15, 0.2) is 4.42 Å². The van der Waals surface area contributed by atoms with Crippen molar-refractivity contribution in [2.45, 2.75) is 89.0 Å². The molecule has 0 aromatic carbocycles. The van der Waals surface area contributed by atoms with Gasteiger partial charge in [-0.25, -0.2) is 0 Å². The van der Waals surface area contributed by atoms with Gasteiger partial charge >= 0.3 is 0 Å². The van der Waals surface area contributed by atoms with Gasteiger partial charge in [0, 0.05) is 24.8 Å². The SMILES string of the molecule is O=C(CCc1nnc(C2CCCC2)o1)N[C@H]1C[C@H]1C1CCCCC1. The molecule has 3 aliphatic carbocycles. The number of carbonyl (C=O) groups excluding carboxylic acids is 1. The van der Waals surface area contributed by atoms with Crippen molar-refractivity contribution in [3.05, 3.63) is 11.8 Å². The van der Waals surface area contributed by atoms with Crippen LogP contribution in [0.5, 0.6) is 0 Å². The number of hydrogen-bond acceptors (Lipinski definition) is 4. The molecule has 0 bridgehead atoms. The standard InChI is InChI=1S/C19H29N3O2/c23-17(20-16-12-15(16)13-6-2-1-3-7-13)10-11-18-21-22-19(24-18)14-8-4-5-9-14/h13-16H,1-12H2,(H,20,23)/t15-,16-/m0/s1. The summed E-state index contributed by atoms with van der Waals surface area (Å²) >= 11 is 0. The lowest BCUT2D eigenvalue weighted by Gasteiger charge is -2.21. The summed E-state index contributed by atoms with van der Waals surface area (Å²) in [5, 5.41) is 11.5. The van der Waals surface area contributed by atoms with E-state index in [1.165, 1.54) is 51.4 Å². The molecule has 3 aliphatic rings. The Morgan fingerprint density at radius 1 is 1.04 bits per heavy atom. The fourth-order valence-corrected chi connectivity index (χ4v) is 4.67. The highest BCUT2D eigenvalue weighted by molar-refractivity contribution is 5.76. The van der Waals surface area contributed by atoms with Crippen molar-refractivity contribution in [2.75, 3.05) is 0 Å². The molecular weight excluding hydrogens is 302 g/mol. The Kier molecular flexibility index (Phi) is 4.86. The van der Waals surface area contributed by atoms with Gasteiger partial charge in [0.2, 0.25) is 17.7 Å². The predicted octanol–water partition coefficient (Wildman–Crippen LogP) is 3.74. The summed E-state index contributed by atoms with van der Waals surface area (Å²) in [4.78, 5) is 12.2. The van der Waals surface area contributed by atoms with Gasteiger partial charge < -0.3 is 9.73 Å². The normalized spacial score (nSPS) is 28.2. The van der Waals surface area contributed by atoms with Crippen molar-refractivity contribution in [2.24, 2.45) is 11.8 Å². The van der Waals surface area contributed by atoms with Crippen LogP contribution >= 0.6 is 0 Å². The van der Waals surface area contributed by atoms with Gasteiger partial charge in [-0.1, -0.05) is 44.9 Å². The summed E-state index contributed by atoms with van der Waals surface area (Å²) in [6.07, 6.45) is 13.9. The molecule has 132 valence electrons. The first-order chi connectivity index (χ1) is 11.8. The summed E-state index contributed by atoms with van der Waals surface area (Å²) in [5.74, 6) is 3.58. The number of carbonyl (C=O) groups is 1. The zero-order valence-electron chi connectivity index (χ0n) is 14.5. The highest BCUT2D eigenvalue weighted by Crippen LogP contribution is 2.44. The summed E-state index contributed by atoms with van der Waals surface area (Å²) in [6.45, 7) is 0. The van der Waals surface area contributed by atoms with E-state index >= 15 is 0 Å². The Morgan fingerprint density at radius 2 is 1.79 bits per heavy atom. The quantitative estimate of drug-likeness (QED) is 0.862. The lowest BCUT2D eigenvalue weighted by Crippen LogP contribution is -2.28. The summed E-state index contributed by atoms with van der Waals surface area (Å²) in [7, 11) is 0. The lowest BCUT2D eigenvalue weighted by atomic mass is 9.85. The van der Waals surface area contributed by atoms with Gasteiger partial charge in [-0.15, -0.1) is 10.2 Å². The molecule has 2 atom stereocenters. The van der Waals surface area contributed by atoms with Gasteiger partial charge in [-0.05, 0) is 31.1 Å². The minimum Gasteiger partial charge on any atom is -0.425 e. The molecule has 3 fully saturated rings. The zero-order valence-corrected chi connectivity index (χ0v) is 14.5. The van der Waals surface area contributed by atoms with E-state index in [0.717, 1.165) is 30.6 Å². The molecule has 5 heteroatoms. The maximum atomic E-state index is 12.2. The van der Waals surface area contributed by atoms with Crippen LogP contribution < -0.4 is 5.32 Å². The van der Waals surface area contributed by atoms with Crippen molar-refractivity contribution in [3.63, 3.8) is 0 Å². The maximum Gasteiger partial charge on any atom is 0.220 e. The van der Waals surface area contributed by atoms with Gasteiger partial charge in [0.05, 0.1) is 0 Å². The highest BCUT2D eigenvalue weighted by Gasteiger charge is 2.43. The molecule has 1 N–H and O–H groups in total. The number of aryl methyl sites for hydroxylation is 1. The minimum absolute atomic E-state index is 0.138. The molecule has 0 spiro atoms. The minimum atomic E-state index is 0.138.